The molecule has 6 nitrogen and oxygen atoms in total. The van der Waals surface area contributed by atoms with E-state index in [0.717, 1.165) is 32.7 Å². The number of anilines is 2. The lowest BCUT2D eigenvalue weighted by atomic mass is 9.90. The van der Waals surface area contributed by atoms with Crippen molar-refractivity contribution in [1.82, 2.24) is 0 Å². The molecule has 6 N–H and O–H groups in total. The molecule has 6 aromatic rings. The molecule has 0 fully saturated rings. The Balaban J connectivity index is 1.68. The summed E-state index contributed by atoms with van der Waals surface area (Å²) in [6.07, 6.45) is 6.00. The average Bonchev–Trinajstić information content (AvgIpc) is 2.97. The van der Waals surface area contributed by atoms with E-state index >= 15 is 0 Å². The van der Waals surface area contributed by atoms with Crippen molar-refractivity contribution in [2.75, 3.05) is 11.5 Å². The van der Waals surface area contributed by atoms with Crippen molar-refractivity contribution in [3.05, 3.63) is 109 Å². The average molecular weight is 525 g/mol. The number of nitrogens with two attached hydrogens (primary N) is 2. The summed E-state index contributed by atoms with van der Waals surface area (Å²) < 4.78 is 12.8. The number of phenols is 2. The van der Waals surface area contributed by atoms with Crippen molar-refractivity contribution in [2.45, 2.75) is 0 Å². The van der Waals surface area contributed by atoms with Gasteiger partial charge in [0, 0.05) is 34.2 Å². The van der Waals surface area contributed by atoms with Gasteiger partial charge in [0.25, 0.3) is 0 Å². The molecular formula is C34H24N2O4. The number of aromatic hydroxyl groups is 2. The van der Waals surface area contributed by atoms with Gasteiger partial charge in [0.05, 0.1) is 11.4 Å². The van der Waals surface area contributed by atoms with E-state index in [1.54, 1.807) is 24.3 Å². The molecule has 0 aromatic heterocycles. The number of phenolic OH excluding ortho intramolecular Hbond substituents is 2. The molecule has 0 bridgehead atoms. The van der Waals surface area contributed by atoms with Gasteiger partial charge in [0.15, 0.2) is 0 Å². The Hall–Kier alpha value is -5.80. The maximum atomic E-state index is 9.94. The first-order valence-corrected chi connectivity index (χ1v) is 12.5. The highest BCUT2D eigenvalue weighted by atomic mass is 16.5. The zero-order valence-corrected chi connectivity index (χ0v) is 21.3. The Morgan fingerprint density at radius 3 is 1.80 bits per heavy atom. The molecule has 0 heterocycles. The van der Waals surface area contributed by atoms with Gasteiger partial charge >= 0.3 is 0 Å². The maximum Gasteiger partial charge on any atom is 0.138 e. The molecule has 0 aliphatic heterocycles. The number of hydrogen-bond donors (Lipinski definition) is 4. The predicted molar refractivity (Wildman–Crippen MR) is 160 cm³/mol. The summed E-state index contributed by atoms with van der Waals surface area (Å²) in [5, 5.41) is 23.5. The molecule has 0 aliphatic rings. The highest BCUT2D eigenvalue weighted by Crippen LogP contribution is 2.48. The molecule has 0 spiro atoms. The fourth-order valence-corrected chi connectivity index (χ4v) is 4.85. The van der Waals surface area contributed by atoms with Gasteiger partial charge in [-0.1, -0.05) is 54.5 Å². The van der Waals surface area contributed by atoms with E-state index < -0.39 is 0 Å². The van der Waals surface area contributed by atoms with Crippen LogP contribution in [0.4, 0.5) is 11.4 Å². The van der Waals surface area contributed by atoms with Crippen molar-refractivity contribution < 1.29 is 19.7 Å². The Kier molecular flexibility index (Phi) is 6.02. The second kappa shape index (κ2) is 9.82. The van der Waals surface area contributed by atoms with Gasteiger partial charge in [0.1, 0.15) is 34.5 Å². The van der Waals surface area contributed by atoms with Gasteiger partial charge in [-0.3, -0.25) is 0 Å². The second-order valence-electron chi connectivity index (χ2n) is 9.29. The first kappa shape index (κ1) is 24.5. The lowest BCUT2D eigenvalue weighted by molar-refractivity contribution is 0.465. The van der Waals surface area contributed by atoms with Crippen LogP contribution in [0, 0.1) is 12.3 Å². The smallest absolute Gasteiger partial charge is 0.138 e. The Morgan fingerprint density at radius 1 is 0.600 bits per heavy atom. The van der Waals surface area contributed by atoms with Crippen LogP contribution >= 0.6 is 0 Å². The van der Waals surface area contributed by atoms with E-state index in [-0.39, 0.29) is 22.9 Å². The summed E-state index contributed by atoms with van der Waals surface area (Å²) in [5.74, 6) is 4.73. The predicted octanol–water partition coefficient (Wildman–Crippen LogP) is 7.80. The normalized spacial score (nSPS) is 10.9. The quantitative estimate of drug-likeness (QED) is 0.104. The van der Waals surface area contributed by atoms with Crippen LogP contribution in [0.25, 0.3) is 32.7 Å². The fraction of sp³-hybridized carbons (Fsp3) is 0. The van der Waals surface area contributed by atoms with Gasteiger partial charge < -0.3 is 31.2 Å². The first-order chi connectivity index (χ1) is 19.4. The molecule has 0 unspecified atom stereocenters. The molecule has 6 heteroatoms. The third kappa shape index (κ3) is 4.32. The van der Waals surface area contributed by atoms with Crippen molar-refractivity contribution in [2.24, 2.45) is 0 Å². The summed E-state index contributed by atoms with van der Waals surface area (Å²) >= 11 is 0. The summed E-state index contributed by atoms with van der Waals surface area (Å²) in [6.45, 7) is 0. The monoisotopic (exact) mass is 524 g/mol. The Bertz CT molecular complexity index is 1970. The van der Waals surface area contributed by atoms with Crippen molar-refractivity contribution >= 4 is 32.9 Å². The molecule has 0 saturated heterocycles. The van der Waals surface area contributed by atoms with Crippen LogP contribution < -0.4 is 20.9 Å². The van der Waals surface area contributed by atoms with Gasteiger partial charge in [-0.15, -0.1) is 6.42 Å². The largest absolute Gasteiger partial charge is 0.506 e. The number of rotatable bonds is 5. The lowest BCUT2D eigenvalue weighted by Gasteiger charge is -2.20. The van der Waals surface area contributed by atoms with Gasteiger partial charge in [-0.2, -0.15) is 0 Å². The number of hydrogen-bond acceptors (Lipinski definition) is 6. The molecule has 6 rings (SSSR count). The molecule has 0 atom stereocenters. The van der Waals surface area contributed by atoms with Gasteiger partial charge in [-0.05, 0) is 58.6 Å². The number of nitrogen functional groups attached to an aromatic ring is 2. The van der Waals surface area contributed by atoms with E-state index in [9.17, 15) is 10.2 Å². The zero-order valence-electron chi connectivity index (χ0n) is 21.3. The molecule has 6 aromatic carbocycles. The number of fused-ring (bicyclic) bond motifs is 2. The lowest BCUT2D eigenvalue weighted by Crippen LogP contribution is -1.97. The standard InChI is InChI=1S/C34H24N2O4/c1-2-20-7-5-8-22-11-17-31(40-24-13-15-29(38)27(36)19-24)34(32(20)22)33-25-9-4-3-6-21(25)10-16-30(33)39-23-12-14-28(37)26(35)18-23/h1,3-19,37-38H,35-36H2. The summed E-state index contributed by atoms with van der Waals surface area (Å²) in [6, 6.07) is 30.9. The second-order valence-corrected chi connectivity index (χ2v) is 9.29. The summed E-state index contributed by atoms with van der Waals surface area (Å²) in [5.41, 5.74) is 14.5. The minimum atomic E-state index is -0.0291. The first-order valence-electron chi connectivity index (χ1n) is 12.5. The van der Waals surface area contributed by atoms with E-state index in [1.807, 2.05) is 66.7 Å². The fourth-order valence-electron chi connectivity index (χ4n) is 4.85. The van der Waals surface area contributed by atoms with Crippen LogP contribution in [0.2, 0.25) is 0 Å². The Morgan fingerprint density at radius 2 is 1.18 bits per heavy atom. The number of benzene rings is 6. The van der Waals surface area contributed by atoms with Crippen molar-refractivity contribution in [3.63, 3.8) is 0 Å². The highest BCUT2D eigenvalue weighted by molar-refractivity contribution is 6.11. The third-order valence-electron chi connectivity index (χ3n) is 6.76. The number of ether oxygens (including phenoxy) is 2. The number of terminal acetylenes is 1. The van der Waals surface area contributed by atoms with E-state index in [4.69, 9.17) is 27.4 Å². The molecule has 0 aliphatic carbocycles. The topological polar surface area (TPSA) is 111 Å². The minimum Gasteiger partial charge on any atom is -0.506 e. The van der Waals surface area contributed by atoms with E-state index in [1.165, 1.54) is 12.1 Å². The summed E-state index contributed by atoms with van der Waals surface area (Å²) in [7, 11) is 0. The molecule has 0 saturated carbocycles. The Labute approximate surface area is 230 Å². The van der Waals surface area contributed by atoms with Crippen LogP contribution in [-0.4, -0.2) is 10.2 Å². The summed E-state index contributed by atoms with van der Waals surface area (Å²) in [4.78, 5) is 0. The van der Waals surface area contributed by atoms with Crippen LogP contribution in [0.3, 0.4) is 0 Å². The van der Waals surface area contributed by atoms with Crippen LogP contribution in [0.5, 0.6) is 34.5 Å². The van der Waals surface area contributed by atoms with E-state index in [0.29, 0.717) is 28.6 Å². The molecule has 194 valence electrons. The molecular weight excluding hydrogens is 500 g/mol. The van der Waals surface area contributed by atoms with Gasteiger partial charge in [-0.25, -0.2) is 0 Å². The van der Waals surface area contributed by atoms with Crippen LogP contribution in [0.15, 0.2) is 103 Å². The van der Waals surface area contributed by atoms with Crippen LogP contribution in [0.1, 0.15) is 5.56 Å². The maximum absolute atomic E-state index is 9.94. The van der Waals surface area contributed by atoms with Crippen LogP contribution in [-0.2, 0) is 0 Å². The zero-order chi connectivity index (χ0) is 27.8. The van der Waals surface area contributed by atoms with Crippen molar-refractivity contribution in [3.8, 4) is 58.0 Å². The SMILES string of the molecule is C#Cc1cccc2ccc(Oc3ccc(O)c(N)c3)c(-c3c(Oc4ccc(O)c(N)c4)ccc4ccccc34)c12. The third-order valence-corrected chi connectivity index (χ3v) is 6.76. The highest BCUT2D eigenvalue weighted by Gasteiger charge is 2.22. The minimum absolute atomic E-state index is 0.0253. The molecule has 0 amide bonds. The van der Waals surface area contributed by atoms with Crippen molar-refractivity contribution in [1.29, 1.82) is 0 Å². The van der Waals surface area contributed by atoms with E-state index in [2.05, 4.69) is 5.92 Å². The molecule has 40 heavy (non-hydrogen) atoms. The molecule has 0 radical (unpaired) electrons. The van der Waals surface area contributed by atoms with Gasteiger partial charge in [0.2, 0.25) is 0 Å².